The number of anilines is 1. The quantitative estimate of drug-likeness (QED) is 0.0439. The third kappa shape index (κ3) is 16.7. The van der Waals surface area contributed by atoms with Crippen LogP contribution in [0.4, 0.5) is 10.1 Å². The Hall–Kier alpha value is -3.99. The van der Waals surface area contributed by atoms with Crippen molar-refractivity contribution >= 4 is 46.7 Å². The number of unbranched alkanes of at least 4 members (excludes halogenated alkanes) is 3. The maximum atomic E-state index is 15.0. The van der Waals surface area contributed by atoms with E-state index in [1.165, 1.54) is 30.4 Å². The summed E-state index contributed by atoms with van der Waals surface area (Å²) >= 11 is 1.21. The number of aromatic nitrogens is 1. The summed E-state index contributed by atoms with van der Waals surface area (Å²) in [6, 6.07) is 3.12. The fourth-order valence-corrected chi connectivity index (χ4v) is 8.65. The van der Waals surface area contributed by atoms with Crippen molar-refractivity contribution in [3.63, 3.8) is 0 Å². The molecule has 61 heavy (non-hydrogen) atoms. The highest BCUT2D eigenvalue weighted by molar-refractivity contribution is 7.09. The smallest absolute Gasteiger partial charge is 0.309 e. The minimum Gasteiger partial charge on any atom is -0.481 e. The molecule has 0 bridgehead atoms. The second kappa shape index (κ2) is 25.2. The number of carboxylic acid groups (broad SMARTS) is 1. The van der Waals surface area contributed by atoms with E-state index in [-0.39, 0.29) is 66.6 Å². The van der Waals surface area contributed by atoms with Gasteiger partial charge in [-0.15, -0.1) is 11.3 Å². The van der Waals surface area contributed by atoms with Crippen molar-refractivity contribution in [2.24, 2.45) is 23.0 Å². The van der Waals surface area contributed by atoms with Gasteiger partial charge >= 0.3 is 11.9 Å². The lowest BCUT2D eigenvalue weighted by Gasteiger charge is -2.40. The number of aliphatic carboxylic acids is 1. The topological polar surface area (TPSA) is 205 Å². The molecule has 0 saturated carbocycles. The van der Waals surface area contributed by atoms with E-state index in [4.69, 9.17) is 10.5 Å². The van der Waals surface area contributed by atoms with Crippen LogP contribution in [0.2, 0.25) is 0 Å². The van der Waals surface area contributed by atoms with E-state index in [0.29, 0.717) is 23.5 Å². The lowest BCUT2D eigenvalue weighted by atomic mass is 9.84. The van der Waals surface area contributed by atoms with E-state index in [2.05, 4.69) is 65.8 Å². The largest absolute Gasteiger partial charge is 0.481 e. The molecule has 0 radical (unpaired) electrons. The van der Waals surface area contributed by atoms with Gasteiger partial charge in [0.25, 0.3) is 5.91 Å². The minimum absolute atomic E-state index is 0.0217. The predicted octanol–water partition coefficient (Wildman–Crippen LogP) is 6.60. The van der Waals surface area contributed by atoms with Crippen LogP contribution in [-0.2, 0) is 30.3 Å². The standard InChI is InChI=1S/C45H72FN7O7S/c1-9-11-12-15-20-53(26-36(29(5)10-2)51-41(56)35-16-13-14-19-48-35)38(28(3)4)23-39(60-30(6)54)43-52-37(27-61-43)42(57)49-32(24-45(7,8)44(58)59)21-31-17-18-34(33(46)22-31)50-40(55)25-47/h17-18,22,27-29,32,35-36,38-39,48H,9-16,19-21,23-26,47H2,1-8H3,(H,49,57)(H,50,55)(H,51,56)(H,58,59)/t29-,32-,35+,36+,38+,39+/m0/s1. The lowest BCUT2D eigenvalue weighted by Crippen LogP contribution is -2.55. The molecule has 1 fully saturated rings. The van der Waals surface area contributed by atoms with Crippen LogP contribution in [0, 0.1) is 23.1 Å². The number of piperidine rings is 1. The average Bonchev–Trinajstić information content (AvgIpc) is 3.71. The number of benzene rings is 1. The van der Waals surface area contributed by atoms with Gasteiger partial charge in [-0.05, 0) is 88.6 Å². The number of thiazole rings is 1. The number of nitrogens with zero attached hydrogens (tertiary/aromatic N) is 2. The zero-order valence-corrected chi connectivity index (χ0v) is 38.4. The highest BCUT2D eigenvalue weighted by Gasteiger charge is 2.35. The van der Waals surface area contributed by atoms with Gasteiger partial charge in [-0.2, -0.15) is 0 Å². The molecular formula is C45H72FN7O7S. The van der Waals surface area contributed by atoms with Crippen LogP contribution in [0.5, 0.6) is 0 Å². The molecule has 1 saturated heterocycles. The normalized spacial score (nSPS) is 17.0. The van der Waals surface area contributed by atoms with Crippen molar-refractivity contribution in [3.8, 4) is 0 Å². The molecule has 2 aromatic rings. The highest BCUT2D eigenvalue weighted by atomic mass is 32.1. The summed E-state index contributed by atoms with van der Waals surface area (Å²) < 4.78 is 20.9. The monoisotopic (exact) mass is 874 g/mol. The van der Waals surface area contributed by atoms with Gasteiger partial charge in [0.05, 0.1) is 23.7 Å². The zero-order valence-electron chi connectivity index (χ0n) is 37.6. The molecule has 1 aromatic carbocycles. The van der Waals surface area contributed by atoms with E-state index in [0.717, 1.165) is 64.5 Å². The van der Waals surface area contributed by atoms with Crippen molar-refractivity contribution in [1.29, 1.82) is 0 Å². The number of esters is 1. The molecule has 342 valence electrons. The summed E-state index contributed by atoms with van der Waals surface area (Å²) in [5.74, 6) is -2.96. The Morgan fingerprint density at radius 3 is 2.43 bits per heavy atom. The van der Waals surface area contributed by atoms with Gasteiger partial charge < -0.3 is 36.8 Å². The van der Waals surface area contributed by atoms with Gasteiger partial charge in [0.1, 0.15) is 16.5 Å². The van der Waals surface area contributed by atoms with Crippen LogP contribution in [0.25, 0.3) is 0 Å². The first-order valence-corrected chi connectivity index (χ1v) is 23.0. The number of ether oxygens (including phenoxy) is 1. The molecule has 16 heteroatoms. The Morgan fingerprint density at radius 1 is 1.10 bits per heavy atom. The molecule has 14 nitrogen and oxygen atoms in total. The molecule has 1 aliphatic rings. The molecular weight excluding hydrogens is 802 g/mol. The summed E-state index contributed by atoms with van der Waals surface area (Å²) in [4.78, 5) is 71.0. The van der Waals surface area contributed by atoms with Crippen molar-refractivity contribution in [1.82, 2.24) is 25.8 Å². The van der Waals surface area contributed by atoms with Crippen molar-refractivity contribution in [3.05, 3.63) is 45.7 Å². The molecule has 1 aromatic heterocycles. The van der Waals surface area contributed by atoms with Crippen LogP contribution in [0.3, 0.4) is 0 Å². The molecule has 3 rings (SSSR count). The van der Waals surface area contributed by atoms with Gasteiger partial charge in [-0.1, -0.05) is 72.8 Å². The van der Waals surface area contributed by atoms with E-state index in [9.17, 15) is 33.5 Å². The Balaban J connectivity index is 1.90. The molecule has 0 spiro atoms. The van der Waals surface area contributed by atoms with Crippen LogP contribution in [0.15, 0.2) is 23.6 Å². The predicted molar refractivity (Wildman–Crippen MR) is 238 cm³/mol. The summed E-state index contributed by atoms with van der Waals surface area (Å²) in [7, 11) is 0. The summed E-state index contributed by atoms with van der Waals surface area (Å²) in [5, 5.41) is 24.1. The molecule has 3 amide bonds. The number of nitrogens with two attached hydrogens (primary N) is 1. The Labute approximate surface area is 366 Å². The molecule has 1 aliphatic heterocycles. The summed E-state index contributed by atoms with van der Waals surface area (Å²) in [6.07, 6.45) is 7.83. The number of hydrogen-bond donors (Lipinski definition) is 6. The number of carbonyl (C=O) groups excluding carboxylic acids is 4. The first-order chi connectivity index (χ1) is 28.9. The molecule has 6 atom stereocenters. The lowest BCUT2D eigenvalue weighted by molar-refractivity contribution is -0.148. The maximum Gasteiger partial charge on any atom is 0.309 e. The van der Waals surface area contributed by atoms with Gasteiger partial charge in [-0.3, -0.25) is 28.9 Å². The fourth-order valence-electron chi connectivity index (χ4n) is 7.81. The van der Waals surface area contributed by atoms with Crippen molar-refractivity contribution in [2.75, 3.05) is 31.5 Å². The van der Waals surface area contributed by atoms with Gasteiger partial charge in [-0.25, -0.2) is 9.37 Å². The average molecular weight is 874 g/mol. The number of hydrogen-bond acceptors (Lipinski definition) is 11. The van der Waals surface area contributed by atoms with E-state index >= 15 is 0 Å². The molecule has 0 unspecified atom stereocenters. The summed E-state index contributed by atoms with van der Waals surface area (Å²) in [6.45, 7) is 17.2. The van der Waals surface area contributed by atoms with E-state index in [1.807, 2.05) is 0 Å². The van der Waals surface area contributed by atoms with E-state index in [1.54, 1.807) is 25.3 Å². The number of nitrogens with one attached hydrogen (secondary N) is 4. The Bertz CT molecular complexity index is 1730. The first kappa shape index (κ1) is 51.4. The Kier molecular flexibility index (Phi) is 21.2. The second-order valence-corrected chi connectivity index (χ2v) is 18.5. The number of amides is 3. The third-order valence-corrected chi connectivity index (χ3v) is 12.6. The maximum absolute atomic E-state index is 15.0. The minimum atomic E-state index is -1.24. The van der Waals surface area contributed by atoms with Crippen LogP contribution >= 0.6 is 11.3 Å². The number of carbonyl (C=O) groups is 5. The van der Waals surface area contributed by atoms with Crippen molar-refractivity contribution < 1.29 is 38.2 Å². The SMILES string of the molecule is CCCCCCN(C[C@@H](NC(=O)[C@H]1CCCCN1)[C@@H](C)CC)[C@H](C[C@@H](OC(C)=O)c1nc(C(=O)N[C@@H](Cc2ccc(NC(=O)CN)c(F)c2)CC(C)(C)C(=O)O)cs1)C(C)C. The van der Waals surface area contributed by atoms with Crippen LogP contribution in [0.1, 0.15) is 147 Å². The van der Waals surface area contributed by atoms with Gasteiger partial charge in [0.2, 0.25) is 11.8 Å². The summed E-state index contributed by atoms with van der Waals surface area (Å²) in [5.41, 5.74) is 4.62. The fraction of sp³-hybridized carbons (Fsp3) is 0.689. The van der Waals surface area contributed by atoms with Crippen LogP contribution < -0.4 is 27.0 Å². The Morgan fingerprint density at radius 2 is 1.84 bits per heavy atom. The van der Waals surface area contributed by atoms with Crippen molar-refractivity contribution in [2.45, 2.75) is 156 Å². The van der Waals surface area contributed by atoms with Crippen LogP contribution in [-0.4, -0.2) is 95.0 Å². The van der Waals surface area contributed by atoms with Gasteiger partial charge in [0, 0.05) is 43.4 Å². The molecule has 2 heterocycles. The highest BCUT2D eigenvalue weighted by Crippen LogP contribution is 2.32. The van der Waals surface area contributed by atoms with Gasteiger partial charge in [0.15, 0.2) is 6.10 Å². The third-order valence-electron chi connectivity index (χ3n) is 11.7. The molecule has 7 N–H and O–H groups in total. The zero-order chi connectivity index (χ0) is 45.3. The first-order valence-electron chi connectivity index (χ1n) is 22.1. The number of halogens is 1. The molecule has 0 aliphatic carbocycles. The number of rotatable bonds is 26. The number of carboxylic acids is 1. The van der Waals surface area contributed by atoms with E-state index < -0.39 is 47.1 Å². The second-order valence-electron chi connectivity index (χ2n) is 17.6.